The van der Waals surface area contributed by atoms with Gasteiger partial charge >= 0.3 is 5.97 Å². The molecule has 122 valence electrons. The molecule has 2 rings (SSSR count). The standard InChI is InChI=1S/C18H18Cl2O3/c1-18(2,13-6-4-3-5-7-13)17(21)23-11-10-22-16-9-8-14(19)12-15(16)20/h3-9,12H,10-11H2,1-2H3. The molecule has 5 heteroatoms. The second kappa shape index (κ2) is 7.71. The molecule has 0 fully saturated rings. The van der Waals surface area contributed by atoms with Crippen LogP contribution in [0.1, 0.15) is 19.4 Å². The van der Waals surface area contributed by atoms with E-state index < -0.39 is 5.41 Å². The number of carbonyl (C=O) groups is 1. The van der Waals surface area contributed by atoms with Crippen LogP contribution in [-0.4, -0.2) is 19.2 Å². The summed E-state index contributed by atoms with van der Waals surface area (Å²) in [4.78, 5) is 12.3. The van der Waals surface area contributed by atoms with Crippen molar-refractivity contribution in [3.05, 3.63) is 64.1 Å². The van der Waals surface area contributed by atoms with E-state index in [9.17, 15) is 4.79 Å². The number of carbonyl (C=O) groups excluding carboxylic acids is 1. The summed E-state index contributed by atoms with van der Waals surface area (Å²) in [5.74, 6) is 0.212. The first kappa shape index (κ1) is 17.6. The zero-order valence-electron chi connectivity index (χ0n) is 13.0. The fourth-order valence-electron chi connectivity index (χ4n) is 2.03. The fraction of sp³-hybridized carbons (Fsp3) is 0.278. The van der Waals surface area contributed by atoms with Crippen molar-refractivity contribution in [3.8, 4) is 5.75 Å². The molecule has 0 aliphatic heterocycles. The molecule has 2 aromatic rings. The highest BCUT2D eigenvalue weighted by Crippen LogP contribution is 2.27. The van der Waals surface area contributed by atoms with Crippen molar-refractivity contribution in [3.63, 3.8) is 0 Å². The van der Waals surface area contributed by atoms with Crippen molar-refractivity contribution < 1.29 is 14.3 Å². The Kier molecular flexibility index (Phi) is 5.91. The maximum Gasteiger partial charge on any atom is 0.316 e. The summed E-state index contributed by atoms with van der Waals surface area (Å²) in [6, 6.07) is 14.5. The van der Waals surface area contributed by atoms with Crippen molar-refractivity contribution in [2.75, 3.05) is 13.2 Å². The van der Waals surface area contributed by atoms with E-state index in [1.165, 1.54) is 0 Å². The molecule has 0 N–H and O–H groups in total. The van der Waals surface area contributed by atoms with Gasteiger partial charge in [0.15, 0.2) is 0 Å². The van der Waals surface area contributed by atoms with E-state index in [2.05, 4.69) is 0 Å². The number of hydrogen-bond donors (Lipinski definition) is 0. The van der Waals surface area contributed by atoms with Crippen LogP contribution in [0.25, 0.3) is 0 Å². The predicted octanol–water partition coefficient (Wildman–Crippen LogP) is 4.89. The Balaban J connectivity index is 1.85. The topological polar surface area (TPSA) is 35.5 Å². The SMILES string of the molecule is CC(C)(C(=O)OCCOc1ccc(Cl)cc1Cl)c1ccccc1. The maximum atomic E-state index is 12.3. The van der Waals surface area contributed by atoms with Crippen LogP contribution in [-0.2, 0) is 14.9 Å². The van der Waals surface area contributed by atoms with E-state index in [1.54, 1.807) is 18.2 Å². The zero-order valence-corrected chi connectivity index (χ0v) is 14.5. The highest BCUT2D eigenvalue weighted by Gasteiger charge is 2.31. The molecule has 0 unspecified atom stereocenters. The minimum Gasteiger partial charge on any atom is -0.488 e. The molecule has 0 saturated heterocycles. The van der Waals surface area contributed by atoms with Crippen LogP contribution >= 0.6 is 23.2 Å². The Morgan fingerprint density at radius 1 is 1.04 bits per heavy atom. The molecule has 0 spiro atoms. The molecule has 0 radical (unpaired) electrons. The Bertz CT molecular complexity index is 669. The lowest BCUT2D eigenvalue weighted by molar-refractivity contribution is -0.150. The van der Waals surface area contributed by atoms with Gasteiger partial charge in [0, 0.05) is 5.02 Å². The molecular weight excluding hydrogens is 335 g/mol. The van der Waals surface area contributed by atoms with Gasteiger partial charge in [-0.1, -0.05) is 53.5 Å². The molecule has 2 aromatic carbocycles. The minimum atomic E-state index is -0.709. The first-order valence-electron chi connectivity index (χ1n) is 7.22. The van der Waals surface area contributed by atoms with Gasteiger partial charge in [-0.2, -0.15) is 0 Å². The van der Waals surface area contributed by atoms with Crippen molar-refractivity contribution in [2.45, 2.75) is 19.3 Å². The van der Waals surface area contributed by atoms with E-state index in [1.807, 2.05) is 44.2 Å². The number of hydrogen-bond acceptors (Lipinski definition) is 3. The summed E-state index contributed by atoms with van der Waals surface area (Å²) in [5, 5.41) is 0.965. The molecule has 0 aromatic heterocycles. The van der Waals surface area contributed by atoms with Crippen LogP contribution in [0.15, 0.2) is 48.5 Å². The Morgan fingerprint density at radius 3 is 2.39 bits per heavy atom. The number of halogens is 2. The molecule has 0 heterocycles. The molecule has 0 aliphatic carbocycles. The highest BCUT2D eigenvalue weighted by atomic mass is 35.5. The third kappa shape index (κ3) is 4.63. The number of rotatable bonds is 6. The van der Waals surface area contributed by atoms with Gasteiger partial charge in [0.2, 0.25) is 0 Å². The summed E-state index contributed by atoms with van der Waals surface area (Å²) in [7, 11) is 0. The summed E-state index contributed by atoms with van der Waals surface area (Å²) in [6.45, 7) is 4.04. The van der Waals surface area contributed by atoms with Crippen LogP contribution in [0, 0.1) is 0 Å². The molecular formula is C18H18Cl2O3. The van der Waals surface area contributed by atoms with Crippen molar-refractivity contribution >= 4 is 29.2 Å². The van der Waals surface area contributed by atoms with E-state index in [-0.39, 0.29) is 19.2 Å². The molecule has 0 saturated carbocycles. The monoisotopic (exact) mass is 352 g/mol. The minimum absolute atomic E-state index is 0.147. The van der Waals surface area contributed by atoms with Gasteiger partial charge in [-0.3, -0.25) is 4.79 Å². The maximum absolute atomic E-state index is 12.3. The lowest BCUT2D eigenvalue weighted by Gasteiger charge is -2.23. The lowest BCUT2D eigenvalue weighted by Crippen LogP contribution is -2.32. The Morgan fingerprint density at radius 2 is 1.74 bits per heavy atom. The van der Waals surface area contributed by atoms with Crippen LogP contribution in [0.3, 0.4) is 0 Å². The van der Waals surface area contributed by atoms with E-state index in [0.717, 1.165) is 5.56 Å². The zero-order chi connectivity index (χ0) is 16.9. The Hall–Kier alpha value is -1.71. The van der Waals surface area contributed by atoms with Crippen molar-refractivity contribution in [1.82, 2.24) is 0 Å². The first-order chi connectivity index (χ1) is 10.9. The van der Waals surface area contributed by atoms with Gasteiger partial charge in [-0.05, 0) is 37.6 Å². The molecule has 0 atom stereocenters. The molecule has 0 bridgehead atoms. The molecule has 0 aliphatic rings. The quantitative estimate of drug-likeness (QED) is 0.548. The van der Waals surface area contributed by atoms with Gasteiger partial charge in [0.1, 0.15) is 19.0 Å². The third-order valence-electron chi connectivity index (χ3n) is 3.47. The Labute approximate surface area is 146 Å². The van der Waals surface area contributed by atoms with Gasteiger partial charge in [-0.15, -0.1) is 0 Å². The van der Waals surface area contributed by atoms with Gasteiger partial charge < -0.3 is 9.47 Å². The summed E-state index contributed by atoms with van der Waals surface area (Å²) >= 11 is 11.8. The number of benzene rings is 2. The van der Waals surface area contributed by atoms with Crippen LogP contribution in [0.4, 0.5) is 0 Å². The third-order valence-corrected chi connectivity index (χ3v) is 4.00. The normalized spacial score (nSPS) is 11.1. The van der Waals surface area contributed by atoms with E-state index in [4.69, 9.17) is 32.7 Å². The van der Waals surface area contributed by atoms with Crippen LogP contribution in [0.5, 0.6) is 5.75 Å². The van der Waals surface area contributed by atoms with E-state index >= 15 is 0 Å². The van der Waals surface area contributed by atoms with Crippen LogP contribution in [0.2, 0.25) is 10.0 Å². The highest BCUT2D eigenvalue weighted by molar-refractivity contribution is 6.35. The molecule has 3 nitrogen and oxygen atoms in total. The van der Waals surface area contributed by atoms with Crippen LogP contribution < -0.4 is 4.74 Å². The average molecular weight is 353 g/mol. The summed E-state index contributed by atoms with van der Waals surface area (Å²) < 4.78 is 10.8. The van der Waals surface area contributed by atoms with E-state index in [0.29, 0.717) is 15.8 Å². The number of esters is 1. The molecule has 0 amide bonds. The van der Waals surface area contributed by atoms with Gasteiger partial charge in [0.25, 0.3) is 0 Å². The van der Waals surface area contributed by atoms with Crippen molar-refractivity contribution in [1.29, 1.82) is 0 Å². The van der Waals surface area contributed by atoms with Gasteiger partial charge in [0.05, 0.1) is 10.4 Å². The number of ether oxygens (including phenoxy) is 2. The predicted molar refractivity (Wildman–Crippen MR) is 92.4 cm³/mol. The lowest BCUT2D eigenvalue weighted by atomic mass is 9.85. The van der Waals surface area contributed by atoms with Crippen molar-refractivity contribution in [2.24, 2.45) is 0 Å². The van der Waals surface area contributed by atoms with Gasteiger partial charge in [-0.25, -0.2) is 0 Å². The largest absolute Gasteiger partial charge is 0.488 e. The first-order valence-corrected chi connectivity index (χ1v) is 7.97. The smallest absolute Gasteiger partial charge is 0.316 e. The average Bonchev–Trinajstić information content (AvgIpc) is 2.53. The summed E-state index contributed by atoms with van der Waals surface area (Å²) in [5.41, 5.74) is 0.200. The fourth-order valence-corrected chi connectivity index (χ4v) is 2.49. The second-order valence-electron chi connectivity index (χ2n) is 5.55. The molecule has 23 heavy (non-hydrogen) atoms. The second-order valence-corrected chi connectivity index (χ2v) is 6.39. The summed E-state index contributed by atoms with van der Waals surface area (Å²) in [6.07, 6.45) is 0.